The van der Waals surface area contributed by atoms with Crippen molar-refractivity contribution >= 4 is 46.5 Å². The summed E-state index contributed by atoms with van der Waals surface area (Å²) >= 11 is 3.07. The van der Waals surface area contributed by atoms with Gasteiger partial charge in [0.15, 0.2) is 23.0 Å². The van der Waals surface area contributed by atoms with E-state index in [9.17, 15) is 10.2 Å². The molecule has 0 bridgehead atoms. The normalized spacial score (nSPS) is 14.1. The SMILES string of the molecule is Oc1ccc(-c2scc3c2OCCO3)cc1C=Nc1ccccc1N=Cc1cc(-c2scc3c2OCCO3)ccc1O. The van der Waals surface area contributed by atoms with E-state index in [-0.39, 0.29) is 11.5 Å². The molecular weight excluding hydrogens is 572 g/mol. The Balaban J connectivity index is 1.16. The third-order valence-electron chi connectivity index (χ3n) is 6.75. The number of para-hydroxylation sites is 2. The number of ether oxygens (including phenoxy) is 4. The first-order valence-electron chi connectivity index (χ1n) is 13.2. The van der Waals surface area contributed by atoms with E-state index in [1.54, 1.807) is 24.6 Å². The van der Waals surface area contributed by atoms with E-state index in [2.05, 4.69) is 9.98 Å². The Bertz CT molecular complexity index is 1710. The van der Waals surface area contributed by atoms with Crippen LogP contribution in [0.25, 0.3) is 20.9 Å². The van der Waals surface area contributed by atoms with Crippen LogP contribution in [0.2, 0.25) is 0 Å². The monoisotopic (exact) mass is 596 g/mol. The third-order valence-corrected chi connectivity index (χ3v) is 8.73. The Morgan fingerprint density at radius 3 is 1.52 bits per heavy atom. The van der Waals surface area contributed by atoms with E-state index >= 15 is 0 Å². The maximum absolute atomic E-state index is 10.6. The van der Waals surface area contributed by atoms with Crippen molar-refractivity contribution in [2.24, 2.45) is 9.98 Å². The van der Waals surface area contributed by atoms with Crippen molar-refractivity contribution in [3.8, 4) is 55.4 Å². The van der Waals surface area contributed by atoms with Crippen LogP contribution in [0.4, 0.5) is 11.4 Å². The summed E-state index contributed by atoms with van der Waals surface area (Å²) < 4.78 is 23.0. The molecule has 4 heterocycles. The fourth-order valence-corrected chi connectivity index (χ4v) is 6.54. The second-order valence-corrected chi connectivity index (χ2v) is 11.2. The zero-order valence-corrected chi connectivity index (χ0v) is 23.8. The molecule has 7 rings (SSSR count). The minimum atomic E-state index is 0.109. The quantitative estimate of drug-likeness (QED) is 0.196. The smallest absolute Gasteiger partial charge is 0.179 e. The number of hydrogen-bond acceptors (Lipinski definition) is 10. The Morgan fingerprint density at radius 1 is 0.595 bits per heavy atom. The number of benzene rings is 3. The molecule has 0 fully saturated rings. The fraction of sp³-hybridized carbons (Fsp3) is 0.125. The van der Waals surface area contributed by atoms with Crippen LogP contribution in [0.3, 0.4) is 0 Å². The first kappa shape index (κ1) is 26.1. The van der Waals surface area contributed by atoms with Gasteiger partial charge in [0.1, 0.15) is 37.9 Å². The zero-order valence-electron chi connectivity index (χ0n) is 22.1. The van der Waals surface area contributed by atoms with Gasteiger partial charge in [-0.3, -0.25) is 9.98 Å². The molecule has 2 aliphatic rings. The third kappa shape index (κ3) is 5.06. The van der Waals surface area contributed by atoms with Gasteiger partial charge in [0, 0.05) is 34.3 Å². The molecule has 210 valence electrons. The Morgan fingerprint density at radius 2 is 1.05 bits per heavy atom. The first-order valence-corrected chi connectivity index (χ1v) is 15.0. The molecule has 0 radical (unpaired) electrons. The Kier molecular flexibility index (Phi) is 6.98. The number of hydrogen-bond donors (Lipinski definition) is 2. The number of aliphatic imine (C=N–C) groups is 2. The summed E-state index contributed by atoms with van der Waals surface area (Å²) in [6, 6.07) is 18.2. The molecule has 10 heteroatoms. The summed E-state index contributed by atoms with van der Waals surface area (Å²) in [5.74, 6) is 3.16. The molecule has 2 aliphatic heterocycles. The molecule has 0 atom stereocenters. The van der Waals surface area contributed by atoms with Crippen LogP contribution in [0.5, 0.6) is 34.5 Å². The number of phenolic OH excluding ortho intramolecular Hbond substituents is 2. The zero-order chi connectivity index (χ0) is 28.5. The number of fused-ring (bicyclic) bond motifs is 2. The molecular formula is C32H24N2O6S2. The van der Waals surface area contributed by atoms with Crippen molar-refractivity contribution < 1.29 is 29.2 Å². The molecule has 8 nitrogen and oxygen atoms in total. The molecule has 0 saturated carbocycles. The molecule has 0 unspecified atom stereocenters. The van der Waals surface area contributed by atoms with Gasteiger partial charge in [-0.05, 0) is 59.7 Å². The van der Waals surface area contributed by atoms with E-state index in [4.69, 9.17) is 18.9 Å². The largest absolute Gasteiger partial charge is 0.507 e. The summed E-state index contributed by atoms with van der Waals surface area (Å²) in [7, 11) is 0. The predicted octanol–water partition coefficient (Wildman–Crippen LogP) is 7.60. The van der Waals surface area contributed by atoms with Crippen LogP contribution in [-0.4, -0.2) is 49.1 Å². The molecule has 2 aromatic heterocycles. The fourth-order valence-electron chi connectivity index (χ4n) is 4.68. The molecule has 42 heavy (non-hydrogen) atoms. The van der Waals surface area contributed by atoms with Crippen molar-refractivity contribution in [2.75, 3.05) is 26.4 Å². The molecule has 2 N–H and O–H groups in total. The van der Waals surface area contributed by atoms with E-state index in [1.165, 1.54) is 22.7 Å². The highest BCUT2D eigenvalue weighted by molar-refractivity contribution is 7.14. The Hall–Kier alpha value is -4.80. The minimum Gasteiger partial charge on any atom is -0.507 e. The maximum Gasteiger partial charge on any atom is 0.179 e. The van der Waals surface area contributed by atoms with Gasteiger partial charge < -0.3 is 29.2 Å². The Labute approximate surface area is 249 Å². The highest BCUT2D eigenvalue weighted by Gasteiger charge is 2.21. The highest BCUT2D eigenvalue weighted by atomic mass is 32.1. The highest BCUT2D eigenvalue weighted by Crippen LogP contribution is 2.47. The van der Waals surface area contributed by atoms with Gasteiger partial charge in [-0.15, -0.1) is 22.7 Å². The number of phenols is 2. The van der Waals surface area contributed by atoms with E-state index in [0.29, 0.717) is 48.9 Å². The number of aromatic hydroxyl groups is 2. The first-order chi connectivity index (χ1) is 20.6. The minimum absolute atomic E-state index is 0.109. The van der Waals surface area contributed by atoms with Crippen LogP contribution in [-0.2, 0) is 0 Å². The van der Waals surface area contributed by atoms with Crippen LogP contribution >= 0.6 is 22.7 Å². The summed E-state index contributed by atoms with van der Waals surface area (Å²) in [6.07, 6.45) is 3.23. The van der Waals surface area contributed by atoms with Crippen molar-refractivity contribution in [2.45, 2.75) is 0 Å². The van der Waals surface area contributed by atoms with Gasteiger partial charge in [-0.1, -0.05) is 12.1 Å². The molecule has 5 aromatic rings. The molecule has 0 aliphatic carbocycles. The summed E-state index contributed by atoms with van der Waals surface area (Å²) in [5.41, 5.74) is 4.13. The van der Waals surface area contributed by atoms with E-state index in [0.717, 1.165) is 43.9 Å². The lowest BCUT2D eigenvalue weighted by Crippen LogP contribution is -2.14. The van der Waals surface area contributed by atoms with Crippen molar-refractivity contribution in [3.05, 3.63) is 82.6 Å². The summed E-state index contributed by atoms with van der Waals surface area (Å²) in [5, 5.41) is 25.0. The van der Waals surface area contributed by atoms with Crippen molar-refractivity contribution in [3.63, 3.8) is 0 Å². The van der Waals surface area contributed by atoms with Crippen molar-refractivity contribution in [1.29, 1.82) is 0 Å². The second-order valence-electron chi connectivity index (χ2n) is 9.46. The lowest BCUT2D eigenvalue weighted by molar-refractivity contribution is 0.174. The van der Waals surface area contributed by atoms with Gasteiger partial charge in [-0.2, -0.15) is 0 Å². The lowest BCUT2D eigenvalue weighted by atomic mass is 10.1. The molecule has 3 aromatic carbocycles. The lowest BCUT2D eigenvalue weighted by Gasteiger charge is -2.16. The number of rotatable bonds is 6. The maximum atomic E-state index is 10.6. The molecule has 0 spiro atoms. The average Bonchev–Trinajstić information content (AvgIpc) is 3.66. The standard InChI is InChI=1S/C32H24N2O6S2/c35-25-7-5-19(31-29-27(17-41-31)37-9-11-39-29)13-21(25)15-33-23-3-1-2-4-24(23)34-16-22-14-20(6-8-26(22)36)32-30-28(18-42-32)38-10-12-40-30/h1-8,13-18,35-36H,9-12H2. The van der Waals surface area contributed by atoms with Gasteiger partial charge in [0.25, 0.3) is 0 Å². The van der Waals surface area contributed by atoms with E-state index < -0.39 is 0 Å². The topological polar surface area (TPSA) is 102 Å². The van der Waals surface area contributed by atoms with Crippen LogP contribution in [0.15, 0.2) is 81.4 Å². The summed E-state index contributed by atoms with van der Waals surface area (Å²) in [4.78, 5) is 11.2. The molecule has 0 amide bonds. The van der Waals surface area contributed by atoms with Crippen LogP contribution in [0, 0.1) is 0 Å². The van der Waals surface area contributed by atoms with Gasteiger partial charge in [-0.25, -0.2) is 0 Å². The van der Waals surface area contributed by atoms with E-state index in [1.807, 2.05) is 59.3 Å². The van der Waals surface area contributed by atoms with Gasteiger partial charge in [0.2, 0.25) is 0 Å². The average molecular weight is 597 g/mol. The van der Waals surface area contributed by atoms with Crippen LogP contribution in [0.1, 0.15) is 11.1 Å². The summed E-state index contributed by atoms with van der Waals surface area (Å²) in [6.45, 7) is 2.07. The van der Waals surface area contributed by atoms with Crippen molar-refractivity contribution in [1.82, 2.24) is 0 Å². The number of nitrogens with zero attached hydrogens (tertiary/aromatic N) is 2. The predicted molar refractivity (Wildman–Crippen MR) is 166 cm³/mol. The molecule has 0 saturated heterocycles. The van der Waals surface area contributed by atoms with Crippen LogP contribution < -0.4 is 18.9 Å². The number of thiophene rings is 2. The second kappa shape index (κ2) is 11.2. The van der Waals surface area contributed by atoms with Gasteiger partial charge in [0.05, 0.1) is 21.1 Å². The van der Waals surface area contributed by atoms with Gasteiger partial charge >= 0.3 is 0 Å².